The molecular weight excluding hydrogens is 400 g/mol. The monoisotopic (exact) mass is 420 g/mol. The molecule has 0 unspecified atom stereocenters. The van der Waals surface area contributed by atoms with Gasteiger partial charge in [0.15, 0.2) is 12.4 Å². The van der Waals surface area contributed by atoms with Crippen molar-refractivity contribution in [2.75, 3.05) is 7.11 Å². The zero-order valence-corrected chi connectivity index (χ0v) is 17.1. The van der Waals surface area contributed by atoms with Gasteiger partial charge in [-0.1, -0.05) is 18.2 Å². The molecule has 0 N–H and O–H groups in total. The molecule has 4 aromatic rings. The molecule has 31 heavy (non-hydrogen) atoms. The van der Waals surface area contributed by atoms with Crippen LogP contribution in [0, 0.1) is 6.92 Å². The summed E-state index contributed by atoms with van der Waals surface area (Å²) < 4.78 is 17.4. The summed E-state index contributed by atoms with van der Waals surface area (Å²) in [7, 11) is 1.55. The second kappa shape index (κ2) is 8.78. The van der Waals surface area contributed by atoms with Crippen molar-refractivity contribution in [3.63, 3.8) is 0 Å². The van der Waals surface area contributed by atoms with Crippen LogP contribution < -0.4 is 10.4 Å². The maximum Gasteiger partial charge on any atom is 0.339 e. The molecule has 0 aliphatic heterocycles. The molecule has 0 radical (unpaired) electrons. The summed E-state index contributed by atoms with van der Waals surface area (Å²) in [4.78, 5) is 24.7. The SMILES string of the molecule is COc1ccc2c(C)c(CCC(=O)OCc3nnnn3-c3ccccc3)c(=O)oc2c1. The average Bonchev–Trinajstić information content (AvgIpc) is 3.26. The highest BCUT2D eigenvalue weighted by Crippen LogP contribution is 2.24. The summed E-state index contributed by atoms with van der Waals surface area (Å²) in [5.74, 6) is 0.537. The van der Waals surface area contributed by atoms with Gasteiger partial charge in [-0.05, 0) is 53.6 Å². The van der Waals surface area contributed by atoms with Crippen LogP contribution in [0.3, 0.4) is 0 Å². The molecule has 158 valence electrons. The van der Waals surface area contributed by atoms with Crippen LogP contribution in [-0.4, -0.2) is 33.3 Å². The fourth-order valence-electron chi connectivity index (χ4n) is 3.30. The molecular formula is C22H20N4O5. The van der Waals surface area contributed by atoms with Crippen molar-refractivity contribution in [3.8, 4) is 11.4 Å². The van der Waals surface area contributed by atoms with E-state index in [2.05, 4.69) is 15.5 Å². The van der Waals surface area contributed by atoms with Crippen LogP contribution in [0.5, 0.6) is 5.75 Å². The third-order valence-electron chi connectivity index (χ3n) is 4.97. The number of carbonyl (C=O) groups excluding carboxylic acids is 1. The van der Waals surface area contributed by atoms with E-state index in [-0.39, 0.29) is 19.4 Å². The van der Waals surface area contributed by atoms with Crippen LogP contribution >= 0.6 is 0 Å². The van der Waals surface area contributed by atoms with E-state index in [1.165, 1.54) is 4.68 Å². The van der Waals surface area contributed by atoms with Gasteiger partial charge in [0.05, 0.1) is 12.8 Å². The van der Waals surface area contributed by atoms with Gasteiger partial charge in [0, 0.05) is 23.4 Å². The highest BCUT2D eigenvalue weighted by molar-refractivity contribution is 5.82. The van der Waals surface area contributed by atoms with Crippen molar-refractivity contribution < 1.29 is 18.7 Å². The summed E-state index contributed by atoms with van der Waals surface area (Å²) >= 11 is 0. The van der Waals surface area contributed by atoms with Crippen molar-refractivity contribution in [3.05, 3.63) is 75.9 Å². The van der Waals surface area contributed by atoms with E-state index in [0.29, 0.717) is 22.7 Å². The fraction of sp³-hybridized carbons (Fsp3) is 0.227. The number of tetrazole rings is 1. The Labute approximate surface area is 177 Å². The zero-order chi connectivity index (χ0) is 21.8. The number of aromatic nitrogens is 4. The number of carbonyl (C=O) groups is 1. The van der Waals surface area contributed by atoms with Crippen molar-refractivity contribution in [1.82, 2.24) is 20.2 Å². The van der Waals surface area contributed by atoms with E-state index in [4.69, 9.17) is 13.9 Å². The number of hydrogen-bond donors (Lipinski definition) is 0. The fourth-order valence-corrected chi connectivity index (χ4v) is 3.30. The molecule has 0 spiro atoms. The lowest BCUT2D eigenvalue weighted by atomic mass is 10.0. The van der Waals surface area contributed by atoms with Crippen LogP contribution in [0.25, 0.3) is 16.7 Å². The highest BCUT2D eigenvalue weighted by atomic mass is 16.5. The Balaban J connectivity index is 1.42. The summed E-state index contributed by atoms with van der Waals surface area (Å²) in [6.45, 7) is 1.76. The van der Waals surface area contributed by atoms with Gasteiger partial charge in [0.25, 0.3) is 0 Å². The number of nitrogens with zero attached hydrogens (tertiary/aromatic N) is 4. The summed E-state index contributed by atoms with van der Waals surface area (Å²) in [6.07, 6.45) is 0.235. The molecule has 0 amide bonds. The molecule has 0 bridgehead atoms. The van der Waals surface area contributed by atoms with Crippen molar-refractivity contribution in [2.45, 2.75) is 26.4 Å². The van der Waals surface area contributed by atoms with Gasteiger partial charge in [-0.3, -0.25) is 4.79 Å². The lowest BCUT2D eigenvalue weighted by molar-refractivity contribution is -0.145. The molecule has 2 aromatic carbocycles. The number of methoxy groups -OCH3 is 1. The Hall–Kier alpha value is -4.01. The second-order valence-electron chi connectivity index (χ2n) is 6.86. The standard InChI is InChI=1S/C22H20N4O5/c1-14-17-9-8-16(29-2)12-19(17)31-22(28)18(14)10-11-21(27)30-13-20-23-24-25-26(20)15-6-4-3-5-7-15/h3-9,12H,10-11,13H2,1-2H3. The average molecular weight is 420 g/mol. The first-order valence-corrected chi connectivity index (χ1v) is 9.65. The first-order valence-electron chi connectivity index (χ1n) is 9.65. The van der Waals surface area contributed by atoms with E-state index < -0.39 is 11.6 Å². The first-order chi connectivity index (χ1) is 15.1. The summed E-state index contributed by atoms with van der Waals surface area (Å²) in [6, 6.07) is 14.6. The normalized spacial score (nSPS) is 10.9. The molecule has 9 nitrogen and oxygen atoms in total. The third kappa shape index (κ3) is 4.30. The minimum absolute atomic E-state index is 0.0279. The third-order valence-corrected chi connectivity index (χ3v) is 4.97. The molecule has 4 rings (SSSR count). The molecule has 9 heteroatoms. The first kappa shape index (κ1) is 20.3. The number of para-hydroxylation sites is 1. The minimum atomic E-state index is -0.473. The van der Waals surface area contributed by atoms with Gasteiger partial charge < -0.3 is 13.9 Å². The maximum absolute atomic E-state index is 12.4. The molecule has 0 aliphatic rings. The molecule has 2 heterocycles. The lowest BCUT2D eigenvalue weighted by Gasteiger charge is -2.09. The quantitative estimate of drug-likeness (QED) is 0.332. The molecule has 0 fully saturated rings. The number of rotatable bonds is 7. The Morgan fingerprint density at radius 2 is 1.97 bits per heavy atom. The van der Waals surface area contributed by atoms with Gasteiger partial charge in [0.2, 0.25) is 0 Å². The van der Waals surface area contributed by atoms with Crippen molar-refractivity contribution in [2.24, 2.45) is 0 Å². The van der Waals surface area contributed by atoms with Gasteiger partial charge in [-0.2, -0.15) is 4.68 Å². The summed E-state index contributed by atoms with van der Waals surface area (Å²) in [5.41, 5.74) is 1.96. The number of benzene rings is 2. The smallest absolute Gasteiger partial charge is 0.339 e. The van der Waals surface area contributed by atoms with Gasteiger partial charge >= 0.3 is 11.6 Å². The van der Waals surface area contributed by atoms with E-state index in [1.807, 2.05) is 43.3 Å². The van der Waals surface area contributed by atoms with Crippen LogP contribution in [-0.2, 0) is 22.6 Å². The van der Waals surface area contributed by atoms with Gasteiger partial charge in [0.1, 0.15) is 11.3 Å². The van der Waals surface area contributed by atoms with Crippen LogP contribution in [0.1, 0.15) is 23.4 Å². The Morgan fingerprint density at radius 3 is 2.74 bits per heavy atom. The molecule has 0 aliphatic carbocycles. The van der Waals surface area contributed by atoms with Gasteiger partial charge in [-0.25, -0.2) is 4.79 Å². The highest BCUT2D eigenvalue weighted by Gasteiger charge is 2.15. The van der Waals surface area contributed by atoms with Crippen molar-refractivity contribution in [1.29, 1.82) is 0 Å². The van der Waals surface area contributed by atoms with Gasteiger partial charge in [-0.15, -0.1) is 5.10 Å². The van der Waals surface area contributed by atoms with E-state index in [9.17, 15) is 9.59 Å². The number of hydrogen-bond acceptors (Lipinski definition) is 8. The van der Waals surface area contributed by atoms with E-state index in [0.717, 1.165) is 16.6 Å². The second-order valence-corrected chi connectivity index (χ2v) is 6.86. The minimum Gasteiger partial charge on any atom is -0.497 e. The van der Waals surface area contributed by atoms with Crippen molar-refractivity contribution >= 4 is 16.9 Å². The van der Waals surface area contributed by atoms with E-state index in [1.54, 1.807) is 19.2 Å². The number of ether oxygens (including phenoxy) is 2. The Bertz CT molecular complexity index is 1280. The number of fused-ring (bicyclic) bond motifs is 1. The number of esters is 1. The Morgan fingerprint density at radius 1 is 1.16 bits per heavy atom. The molecule has 0 saturated carbocycles. The largest absolute Gasteiger partial charge is 0.497 e. The Kier molecular flexibility index (Phi) is 5.74. The summed E-state index contributed by atoms with van der Waals surface area (Å²) in [5, 5.41) is 12.3. The zero-order valence-electron chi connectivity index (χ0n) is 17.1. The lowest BCUT2D eigenvalue weighted by Crippen LogP contribution is -2.14. The van der Waals surface area contributed by atoms with Crippen LogP contribution in [0.2, 0.25) is 0 Å². The molecule has 2 aromatic heterocycles. The molecule has 0 atom stereocenters. The topological polar surface area (TPSA) is 109 Å². The number of aryl methyl sites for hydroxylation is 1. The van der Waals surface area contributed by atoms with Crippen LogP contribution in [0.15, 0.2) is 57.7 Å². The predicted molar refractivity (Wildman–Crippen MR) is 111 cm³/mol. The molecule has 0 saturated heterocycles. The predicted octanol–water partition coefficient (Wildman–Crippen LogP) is 2.76. The van der Waals surface area contributed by atoms with E-state index >= 15 is 0 Å². The van der Waals surface area contributed by atoms with Crippen LogP contribution in [0.4, 0.5) is 0 Å². The maximum atomic E-state index is 12.4.